The zero-order valence-corrected chi connectivity index (χ0v) is 9.64. The molecular weight excluding hydrogens is 195 g/mol. The predicted molar refractivity (Wildman–Crippen MR) is 26.8 cm³/mol. The van der Waals surface area contributed by atoms with E-state index in [1.54, 1.807) is 0 Å². The molecule has 0 spiro atoms. The molecule has 0 bridgehead atoms. The van der Waals surface area contributed by atoms with E-state index in [9.17, 15) is 0 Å². The number of rotatable bonds is 0. The zero-order chi connectivity index (χ0) is 0. The van der Waals surface area contributed by atoms with E-state index >= 15 is 0 Å². The summed E-state index contributed by atoms with van der Waals surface area (Å²) in [6.07, 6.45) is 0. The summed E-state index contributed by atoms with van der Waals surface area (Å²) in [5, 5.41) is 0. The van der Waals surface area contributed by atoms with Gasteiger partial charge >= 0.3 is 51.4 Å². The van der Waals surface area contributed by atoms with Gasteiger partial charge in [0.2, 0.25) is 0 Å². The van der Waals surface area contributed by atoms with Crippen molar-refractivity contribution in [2.24, 2.45) is 0 Å². The Hall–Kier alpha value is 2.76. The Morgan fingerprint density at radius 3 is 0.667 bits per heavy atom. The van der Waals surface area contributed by atoms with E-state index in [1.165, 1.54) is 0 Å². The summed E-state index contributed by atoms with van der Waals surface area (Å²) in [5.74, 6) is 0. The normalized spacial score (nSPS) is 0. The molecule has 0 unspecified atom stereocenters. The van der Waals surface area contributed by atoms with E-state index < -0.39 is 0 Å². The predicted octanol–water partition coefficient (Wildman–Crippen LogP) is -4.56. The van der Waals surface area contributed by atoms with E-state index in [-0.39, 0.29) is 107 Å². The number of hydrogen-bond donors (Lipinski definition) is 1. The fourth-order valence-corrected chi connectivity index (χ4v) is 0. The van der Waals surface area contributed by atoms with Crippen molar-refractivity contribution in [3.8, 4) is 0 Å². The topological polar surface area (TPSA) is 35.0 Å². The van der Waals surface area contributed by atoms with Crippen molar-refractivity contribution < 1.29 is 63.8 Å². The van der Waals surface area contributed by atoms with Gasteiger partial charge in [0.25, 0.3) is 0 Å². The van der Waals surface area contributed by atoms with Crippen LogP contribution in [0, 0.1) is 0 Å². The SMILES string of the molecule is Cl.Cl.Cl.N.[Cl-].[K+]. The molecule has 0 saturated carbocycles. The maximum absolute atomic E-state index is 0. The third-order valence-electron chi connectivity index (χ3n) is 0. The Balaban J connectivity index is 0. The molecule has 3 N–H and O–H groups in total. The largest absolute Gasteiger partial charge is 1.00 e. The second-order valence-corrected chi connectivity index (χ2v) is 0. The molecule has 0 radical (unpaired) electrons. The van der Waals surface area contributed by atoms with Crippen LogP contribution in [0.4, 0.5) is 0 Å². The van der Waals surface area contributed by atoms with Crippen molar-refractivity contribution in [1.82, 2.24) is 6.15 Å². The van der Waals surface area contributed by atoms with Gasteiger partial charge in [0, 0.05) is 0 Å². The minimum Gasteiger partial charge on any atom is -1.00 e. The summed E-state index contributed by atoms with van der Waals surface area (Å²) >= 11 is 0. The molecule has 0 aliphatic carbocycles. The molecule has 0 saturated heterocycles. The smallest absolute Gasteiger partial charge is 1.00 e. The molecule has 0 aromatic rings. The molecule has 0 atom stereocenters. The van der Waals surface area contributed by atoms with Gasteiger partial charge in [-0.15, -0.1) is 37.2 Å². The van der Waals surface area contributed by atoms with Gasteiger partial charge in [-0.25, -0.2) is 0 Å². The van der Waals surface area contributed by atoms with Crippen molar-refractivity contribution in [1.29, 1.82) is 0 Å². The molecule has 0 aromatic carbocycles. The summed E-state index contributed by atoms with van der Waals surface area (Å²) in [4.78, 5) is 0. The first-order valence-electron chi connectivity index (χ1n) is 0. The molecule has 0 aromatic heterocycles. The van der Waals surface area contributed by atoms with E-state index in [4.69, 9.17) is 0 Å². The van der Waals surface area contributed by atoms with Crippen LogP contribution in [0.1, 0.15) is 0 Å². The summed E-state index contributed by atoms with van der Waals surface area (Å²) in [7, 11) is 0. The molecule has 0 aliphatic rings. The molecule has 0 fully saturated rings. The van der Waals surface area contributed by atoms with Gasteiger partial charge in [0.15, 0.2) is 0 Å². The van der Waals surface area contributed by atoms with E-state index in [2.05, 4.69) is 0 Å². The molecule has 1 nitrogen and oxygen atoms in total. The van der Waals surface area contributed by atoms with Gasteiger partial charge in [-0.3, -0.25) is 0 Å². The average Bonchev–Trinajstić information content (AvgIpc) is 0. The second-order valence-electron chi connectivity index (χ2n) is 0. The van der Waals surface area contributed by atoms with E-state index in [0.29, 0.717) is 0 Å². The van der Waals surface area contributed by atoms with Crippen molar-refractivity contribution in [2.75, 3.05) is 0 Å². The van der Waals surface area contributed by atoms with Gasteiger partial charge in [0.05, 0.1) is 0 Å². The van der Waals surface area contributed by atoms with Crippen LogP contribution < -0.4 is 69.9 Å². The van der Waals surface area contributed by atoms with Gasteiger partial charge in [-0.2, -0.15) is 0 Å². The zero-order valence-electron chi connectivity index (χ0n) is 3.31. The van der Waals surface area contributed by atoms with E-state index in [0.717, 1.165) is 0 Å². The monoisotopic (exact) mass is 199 g/mol. The quantitative estimate of drug-likeness (QED) is 0.393. The van der Waals surface area contributed by atoms with Gasteiger partial charge in [-0.1, -0.05) is 0 Å². The first-order valence-corrected chi connectivity index (χ1v) is 0. The first-order chi connectivity index (χ1) is 0. The molecule has 0 rings (SSSR count). The molecule has 6 heteroatoms. The Kier molecular flexibility index (Phi) is 539. The fourth-order valence-electron chi connectivity index (χ4n) is 0. The van der Waals surface area contributed by atoms with Crippen LogP contribution in [-0.2, 0) is 0 Å². The first kappa shape index (κ1) is 69.3. The molecule has 0 amide bonds. The van der Waals surface area contributed by atoms with Gasteiger partial charge < -0.3 is 18.6 Å². The molecule has 6 heavy (non-hydrogen) atoms. The Morgan fingerprint density at radius 1 is 0.667 bits per heavy atom. The Morgan fingerprint density at radius 2 is 0.667 bits per heavy atom. The van der Waals surface area contributed by atoms with Crippen LogP contribution in [0.15, 0.2) is 0 Å². The molecule has 0 heterocycles. The van der Waals surface area contributed by atoms with Crippen LogP contribution in [0.25, 0.3) is 0 Å². The maximum atomic E-state index is 0. The van der Waals surface area contributed by atoms with Gasteiger partial charge in [0.1, 0.15) is 0 Å². The molecule has 40 valence electrons. The van der Waals surface area contributed by atoms with Crippen molar-refractivity contribution in [3.05, 3.63) is 0 Å². The van der Waals surface area contributed by atoms with Crippen LogP contribution >= 0.6 is 37.2 Å². The van der Waals surface area contributed by atoms with Crippen molar-refractivity contribution >= 4 is 37.2 Å². The second kappa shape index (κ2) is 46.6. The van der Waals surface area contributed by atoms with Crippen LogP contribution in [0.3, 0.4) is 0 Å². The number of halogens is 4. The third-order valence-corrected chi connectivity index (χ3v) is 0. The summed E-state index contributed by atoms with van der Waals surface area (Å²) in [5.41, 5.74) is 0. The van der Waals surface area contributed by atoms with Gasteiger partial charge in [-0.05, 0) is 0 Å². The maximum Gasteiger partial charge on any atom is 1.00 e. The molecule has 0 aliphatic heterocycles. The van der Waals surface area contributed by atoms with Crippen molar-refractivity contribution in [3.63, 3.8) is 0 Å². The van der Waals surface area contributed by atoms with Crippen LogP contribution in [0.2, 0.25) is 0 Å². The van der Waals surface area contributed by atoms with Crippen LogP contribution in [0.5, 0.6) is 0 Å². The third kappa shape index (κ3) is 29.5. The average molecular weight is 201 g/mol. The molecular formula is H6Cl4KN. The minimum absolute atomic E-state index is 0. The summed E-state index contributed by atoms with van der Waals surface area (Å²) in [6, 6.07) is 0. The summed E-state index contributed by atoms with van der Waals surface area (Å²) in [6.45, 7) is 0. The summed E-state index contributed by atoms with van der Waals surface area (Å²) < 4.78 is 0. The Labute approximate surface area is 105 Å². The van der Waals surface area contributed by atoms with Crippen molar-refractivity contribution in [2.45, 2.75) is 0 Å². The van der Waals surface area contributed by atoms with Crippen LogP contribution in [-0.4, -0.2) is 0 Å². The standard InChI is InChI=1S/4ClH.K.H3N/h4*1H;;1H3/q;;;;+1;/p-1. The number of hydrogen-bond acceptors (Lipinski definition) is 1. The minimum atomic E-state index is 0. The van der Waals surface area contributed by atoms with E-state index in [1.807, 2.05) is 0 Å². The fraction of sp³-hybridized carbons (Fsp3) is 0. The Bertz CT molecular complexity index is 7.51.